The molecule has 1 heterocycles. The van der Waals surface area contributed by atoms with Gasteiger partial charge in [-0.2, -0.15) is 0 Å². The summed E-state index contributed by atoms with van der Waals surface area (Å²) in [6.07, 6.45) is 1.82. The van der Waals surface area contributed by atoms with E-state index in [1.165, 1.54) is 18.2 Å². The molecule has 0 saturated carbocycles. The van der Waals surface area contributed by atoms with Gasteiger partial charge in [0.05, 0.1) is 11.3 Å². The number of hydrogen-bond donors (Lipinski definition) is 1. The molecule has 3 aromatic rings. The average Bonchev–Trinajstić information content (AvgIpc) is 2.97. The quantitative estimate of drug-likeness (QED) is 0.789. The Kier molecular flexibility index (Phi) is 3.28. The van der Waals surface area contributed by atoms with E-state index in [0.29, 0.717) is 0 Å². The molecule has 0 saturated heterocycles. The summed E-state index contributed by atoms with van der Waals surface area (Å²) < 4.78 is 15.2. The number of aromatic carboxylic acids is 1. The lowest BCUT2D eigenvalue weighted by Gasteiger charge is -2.10. The summed E-state index contributed by atoms with van der Waals surface area (Å²) >= 11 is 0. The summed E-state index contributed by atoms with van der Waals surface area (Å²) in [5.41, 5.74) is 2.48. The van der Waals surface area contributed by atoms with Gasteiger partial charge in [-0.05, 0) is 42.5 Å². The maximum absolute atomic E-state index is 13.4. The monoisotopic (exact) mass is 281 g/mol. The maximum Gasteiger partial charge on any atom is 0.335 e. The van der Waals surface area contributed by atoms with Crippen LogP contribution in [0.2, 0.25) is 0 Å². The Labute approximate surface area is 120 Å². The molecule has 0 aliphatic carbocycles. The van der Waals surface area contributed by atoms with Gasteiger partial charge in [-0.3, -0.25) is 0 Å². The van der Waals surface area contributed by atoms with Gasteiger partial charge in [0.25, 0.3) is 0 Å². The third-order valence-corrected chi connectivity index (χ3v) is 3.24. The highest BCUT2D eigenvalue weighted by Crippen LogP contribution is 2.24. The lowest BCUT2D eigenvalue weighted by atomic mass is 10.1. The number of aromatic nitrogens is 1. The number of hydrogen-bond acceptors (Lipinski definition) is 1. The summed E-state index contributed by atoms with van der Waals surface area (Å²) in [7, 11) is 0. The van der Waals surface area contributed by atoms with Crippen LogP contribution in [0.4, 0.5) is 4.39 Å². The van der Waals surface area contributed by atoms with Crippen molar-refractivity contribution in [2.45, 2.75) is 0 Å². The lowest BCUT2D eigenvalue weighted by molar-refractivity contribution is 0.0697. The molecule has 0 aliphatic heterocycles. The van der Waals surface area contributed by atoms with E-state index in [9.17, 15) is 9.18 Å². The molecular weight excluding hydrogens is 269 g/mol. The molecule has 3 nitrogen and oxygen atoms in total. The third kappa shape index (κ3) is 2.56. The van der Waals surface area contributed by atoms with Crippen LogP contribution < -0.4 is 0 Å². The normalized spacial score (nSPS) is 10.5. The van der Waals surface area contributed by atoms with E-state index in [1.807, 2.05) is 35.0 Å². The molecule has 0 radical (unpaired) electrons. The van der Waals surface area contributed by atoms with E-state index >= 15 is 0 Å². The number of rotatable bonds is 3. The van der Waals surface area contributed by atoms with Crippen LogP contribution in [0.25, 0.3) is 16.9 Å². The van der Waals surface area contributed by atoms with Gasteiger partial charge in [0.15, 0.2) is 0 Å². The fourth-order valence-electron chi connectivity index (χ4n) is 2.28. The highest BCUT2D eigenvalue weighted by Gasteiger charge is 2.09. The van der Waals surface area contributed by atoms with Gasteiger partial charge in [-0.1, -0.05) is 18.2 Å². The van der Waals surface area contributed by atoms with Gasteiger partial charge in [0, 0.05) is 17.4 Å². The number of benzene rings is 2. The molecular formula is C17H12FNO2. The van der Waals surface area contributed by atoms with Crippen molar-refractivity contribution in [1.82, 2.24) is 4.57 Å². The summed E-state index contributed by atoms with van der Waals surface area (Å²) in [6.45, 7) is 0. The lowest BCUT2D eigenvalue weighted by Crippen LogP contribution is -2.00. The fourth-order valence-corrected chi connectivity index (χ4v) is 2.28. The Balaban J connectivity index is 2.11. The van der Waals surface area contributed by atoms with Crippen molar-refractivity contribution in [2.75, 3.05) is 0 Å². The molecule has 3 rings (SSSR count). The summed E-state index contributed by atoms with van der Waals surface area (Å²) in [5, 5.41) is 9.07. The molecule has 21 heavy (non-hydrogen) atoms. The van der Waals surface area contributed by atoms with Crippen LogP contribution in [0.15, 0.2) is 66.9 Å². The number of halogens is 1. The predicted octanol–water partition coefficient (Wildman–Crippen LogP) is 3.98. The number of nitrogens with zero attached hydrogens (tertiary/aromatic N) is 1. The minimum absolute atomic E-state index is 0.214. The van der Waals surface area contributed by atoms with Crippen LogP contribution in [-0.4, -0.2) is 15.6 Å². The zero-order valence-corrected chi connectivity index (χ0v) is 11.0. The van der Waals surface area contributed by atoms with Crippen molar-refractivity contribution in [3.05, 3.63) is 78.2 Å². The first-order chi connectivity index (χ1) is 10.1. The van der Waals surface area contributed by atoms with E-state index in [2.05, 4.69) is 0 Å². The molecule has 104 valence electrons. The molecule has 0 atom stereocenters. The molecule has 1 aromatic heterocycles. The largest absolute Gasteiger partial charge is 0.478 e. The Bertz CT molecular complexity index is 808. The second-order valence-electron chi connectivity index (χ2n) is 4.63. The number of carbonyl (C=O) groups is 1. The second-order valence-corrected chi connectivity index (χ2v) is 4.63. The molecule has 0 fully saturated rings. The Hall–Kier alpha value is -2.88. The van der Waals surface area contributed by atoms with Crippen molar-refractivity contribution in [2.24, 2.45) is 0 Å². The van der Waals surface area contributed by atoms with Crippen molar-refractivity contribution in [3.63, 3.8) is 0 Å². The van der Waals surface area contributed by atoms with Crippen molar-refractivity contribution >= 4 is 5.97 Å². The van der Waals surface area contributed by atoms with Crippen LogP contribution >= 0.6 is 0 Å². The Morgan fingerprint density at radius 1 is 1.00 bits per heavy atom. The SMILES string of the molecule is O=C(O)c1cccc(-n2cccc2-c2cccc(F)c2)c1. The van der Waals surface area contributed by atoms with Crippen LogP contribution in [0.3, 0.4) is 0 Å². The van der Waals surface area contributed by atoms with E-state index < -0.39 is 5.97 Å². The minimum atomic E-state index is -0.976. The summed E-state index contributed by atoms with van der Waals surface area (Å²) in [4.78, 5) is 11.1. The fraction of sp³-hybridized carbons (Fsp3) is 0. The first-order valence-corrected chi connectivity index (χ1v) is 6.42. The van der Waals surface area contributed by atoms with Crippen LogP contribution in [0, 0.1) is 5.82 Å². The molecule has 1 N–H and O–H groups in total. The van der Waals surface area contributed by atoms with Gasteiger partial charge in [-0.25, -0.2) is 9.18 Å². The molecule has 0 unspecified atom stereocenters. The molecule has 0 bridgehead atoms. The van der Waals surface area contributed by atoms with Crippen molar-refractivity contribution in [3.8, 4) is 16.9 Å². The Morgan fingerprint density at radius 2 is 1.81 bits per heavy atom. The Morgan fingerprint density at radius 3 is 2.57 bits per heavy atom. The standard InChI is InChI=1S/C17H12FNO2/c18-14-6-1-4-12(10-14)16-8-3-9-19(16)15-7-2-5-13(11-15)17(20)21/h1-11H,(H,20,21). The molecule has 0 amide bonds. The van der Waals surface area contributed by atoms with Crippen LogP contribution in [0.1, 0.15) is 10.4 Å². The van der Waals surface area contributed by atoms with E-state index in [4.69, 9.17) is 5.11 Å². The molecule has 2 aromatic carbocycles. The van der Waals surface area contributed by atoms with Crippen LogP contribution in [-0.2, 0) is 0 Å². The van der Waals surface area contributed by atoms with E-state index in [-0.39, 0.29) is 11.4 Å². The van der Waals surface area contributed by atoms with Crippen molar-refractivity contribution < 1.29 is 14.3 Å². The van der Waals surface area contributed by atoms with Gasteiger partial charge >= 0.3 is 5.97 Å². The van der Waals surface area contributed by atoms with Crippen molar-refractivity contribution in [1.29, 1.82) is 0 Å². The van der Waals surface area contributed by atoms with Gasteiger partial charge in [0.1, 0.15) is 5.82 Å². The van der Waals surface area contributed by atoms with Crippen LogP contribution in [0.5, 0.6) is 0 Å². The summed E-state index contributed by atoms with van der Waals surface area (Å²) in [6, 6.07) is 16.6. The zero-order valence-electron chi connectivity index (χ0n) is 11.0. The third-order valence-electron chi connectivity index (χ3n) is 3.24. The minimum Gasteiger partial charge on any atom is -0.478 e. The highest BCUT2D eigenvalue weighted by atomic mass is 19.1. The molecule has 0 aliphatic rings. The topological polar surface area (TPSA) is 42.2 Å². The zero-order chi connectivity index (χ0) is 14.8. The highest BCUT2D eigenvalue weighted by molar-refractivity contribution is 5.88. The van der Waals surface area contributed by atoms with Gasteiger partial charge in [0.2, 0.25) is 0 Å². The molecule has 0 spiro atoms. The van der Waals surface area contributed by atoms with E-state index in [1.54, 1.807) is 18.2 Å². The second kappa shape index (κ2) is 5.25. The number of carboxylic acid groups (broad SMARTS) is 1. The number of carboxylic acids is 1. The molecule has 4 heteroatoms. The van der Waals surface area contributed by atoms with Gasteiger partial charge < -0.3 is 9.67 Å². The summed E-state index contributed by atoms with van der Waals surface area (Å²) in [5.74, 6) is -1.28. The maximum atomic E-state index is 13.4. The predicted molar refractivity (Wildman–Crippen MR) is 78.1 cm³/mol. The van der Waals surface area contributed by atoms with E-state index in [0.717, 1.165) is 16.9 Å². The average molecular weight is 281 g/mol. The van der Waals surface area contributed by atoms with Gasteiger partial charge in [-0.15, -0.1) is 0 Å². The first-order valence-electron chi connectivity index (χ1n) is 6.42. The smallest absolute Gasteiger partial charge is 0.335 e. The first kappa shape index (κ1) is 13.1.